The van der Waals surface area contributed by atoms with E-state index in [9.17, 15) is 13.2 Å². The average Bonchev–Trinajstić information content (AvgIpc) is 2.40. The van der Waals surface area contributed by atoms with Gasteiger partial charge in [-0.25, -0.2) is 13.2 Å². The normalized spacial score (nSPS) is 23.7. The maximum absolute atomic E-state index is 13.5. The molecular formula is C15H20F3N. The molecule has 1 nitrogen and oxygen atoms in total. The Labute approximate surface area is 112 Å². The molecule has 0 radical (unpaired) electrons. The molecule has 1 aromatic carbocycles. The first-order valence-corrected chi connectivity index (χ1v) is 6.89. The SMILES string of the molecule is CC(C)C1CCC(Nc2ccc(F)c(F)c2F)CC1. The number of hydrogen-bond acceptors (Lipinski definition) is 1. The average molecular weight is 271 g/mol. The van der Waals surface area contributed by atoms with E-state index in [2.05, 4.69) is 19.2 Å². The molecule has 1 saturated carbocycles. The van der Waals surface area contributed by atoms with Crippen molar-refractivity contribution in [1.29, 1.82) is 0 Å². The van der Waals surface area contributed by atoms with Gasteiger partial charge in [-0.05, 0) is 49.7 Å². The first-order chi connectivity index (χ1) is 8.99. The van der Waals surface area contributed by atoms with Crippen LogP contribution < -0.4 is 5.32 Å². The summed E-state index contributed by atoms with van der Waals surface area (Å²) >= 11 is 0. The Morgan fingerprint density at radius 3 is 2.21 bits per heavy atom. The van der Waals surface area contributed by atoms with E-state index < -0.39 is 17.5 Å². The predicted octanol–water partition coefficient (Wildman–Crippen LogP) is 4.73. The molecule has 0 spiro atoms. The Hall–Kier alpha value is -1.19. The minimum absolute atomic E-state index is 0.0619. The van der Waals surface area contributed by atoms with Gasteiger partial charge in [0.05, 0.1) is 5.69 Å². The summed E-state index contributed by atoms with van der Waals surface area (Å²) in [7, 11) is 0. The van der Waals surface area contributed by atoms with Crippen molar-refractivity contribution in [2.75, 3.05) is 5.32 Å². The molecule has 0 heterocycles. The number of benzene rings is 1. The van der Waals surface area contributed by atoms with Crippen molar-refractivity contribution in [2.45, 2.75) is 45.6 Å². The fraction of sp³-hybridized carbons (Fsp3) is 0.600. The maximum atomic E-state index is 13.5. The number of halogens is 3. The van der Waals surface area contributed by atoms with E-state index in [0.29, 0.717) is 11.8 Å². The first kappa shape index (κ1) is 14.2. The predicted molar refractivity (Wildman–Crippen MR) is 70.5 cm³/mol. The summed E-state index contributed by atoms with van der Waals surface area (Å²) in [5, 5.41) is 2.99. The number of hydrogen-bond donors (Lipinski definition) is 1. The van der Waals surface area contributed by atoms with Crippen LogP contribution in [-0.2, 0) is 0 Å². The monoisotopic (exact) mass is 271 g/mol. The molecule has 0 saturated heterocycles. The van der Waals surface area contributed by atoms with E-state index in [4.69, 9.17) is 0 Å². The lowest BCUT2D eigenvalue weighted by molar-refractivity contribution is 0.266. The summed E-state index contributed by atoms with van der Waals surface area (Å²) in [6.07, 6.45) is 4.09. The lowest BCUT2D eigenvalue weighted by Crippen LogP contribution is -2.28. The van der Waals surface area contributed by atoms with E-state index >= 15 is 0 Å². The summed E-state index contributed by atoms with van der Waals surface area (Å²) in [5.74, 6) is -2.28. The highest BCUT2D eigenvalue weighted by Crippen LogP contribution is 2.32. The molecule has 2 rings (SSSR count). The van der Waals surface area contributed by atoms with Crippen LogP contribution in [0.15, 0.2) is 12.1 Å². The van der Waals surface area contributed by atoms with E-state index in [0.717, 1.165) is 31.7 Å². The van der Waals surface area contributed by atoms with Crippen molar-refractivity contribution in [3.05, 3.63) is 29.6 Å². The summed E-state index contributed by atoms with van der Waals surface area (Å²) in [6, 6.07) is 2.37. The molecule has 0 aliphatic heterocycles. The maximum Gasteiger partial charge on any atom is 0.196 e. The van der Waals surface area contributed by atoms with Crippen LogP contribution in [0.5, 0.6) is 0 Å². The molecular weight excluding hydrogens is 251 g/mol. The van der Waals surface area contributed by atoms with Gasteiger partial charge in [-0.3, -0.25) is 0 Å². The lowest BCUT2D eigenvalue weighted by Gasteiger charge is -2.31. The van der Waals surface area contributed by atoms with Crippen LogP contribution in [0.1, 0.15) is 39.5 Å². The molecule has 106 valence electrons. The fourth-order valence-electron chi connectivity index (χ4n) is 2.79. The molecule has 0 bridgehead atoms. The smallest absolute Gasteiger partial charge is 0.196 e. The third kappa shape index (κ3) is 3.23. The largest absolute Gasteiger partial charge is 0.380 e. The Morgan fingerprint density at radius 1 is 1.00 bits per heavy atom. The zero-order chi connectivity index (χ0) is 14.0. The highest BCUT2D eigenvalue weighted by Gasteiger charge is 2.24. The summed E-state index contributed by atoms with van der Waals surface area (Å²) in [5.41, 5.74) is 0.0619. The van der Waals surface area contributed by atoms with Gasteiger partial charge < -0.3 is 5.32 Å². The summed E-state index contributed by atoms with van der Waals surface area (Å²) in [4.78, 5) is 0. The fourth-order valence-corrected chi connectivity index (χ4v) is 2.79. The Morgan fingerprint density at radius 2 is 1.63 bits per heavy atom. The van der Waals surface area contributed by atoms with Gasteiger partial charge in [-0.15, -0.1) is 0 Å². The number of anilines is 1. The van der Waals surface area contributed by atoms with Crippen LogP contribution in [0.25, 0.3) is 0 Å². The molecule has 19 heavy (non-hydrogen) atoms. The van der Waals surface area contributed by atoms with Crippen molar-refractivity contribution in [3.63, 3.8) is 0 Å². The molecule has 1 aromatic rings. The van der Waals surface area contributed by atoms with Crippen LogP contribution in [0.3, 0.4) is 0 Å². The minimum atomic E-state index is -1.40. The van der Waals surface area contributed by atoms with Crippen molar-refractivity contribution < 1.29 is 13.2 Å². The lowest BCUT2D eigenvalue weighted by atomic mass is 9.79. The molecule has 1 N–H and O–H groups in total. The number of nitrogens with one attached hydrogen (secondary N) is 1. The van der Waals surface area contributed by atoms with Gasteiger partial charge in [0.2, 0.25) is 0 Å². The van der Waals surface area contributed by atoms with Crippen LogP contribution in [0, 0.1) is 29.3 Å². The molecule has 4 heteroatoms. The quantitative estimate of drug-likeness (QED) is 0.784. The highest BCUT2D eigenvalue weighted by atomic mass is 19.2. The van der Waals surface area contributed by atoms with E-state index in [1.165, 1.54) is 6.07 Å². The van der Waals surface area contributed by atoms with E-state index in [-0.39, 0.29) is 11.7 Å². The van der Waals surface area contributed by atoms with Gasteiger partial charge in [-0.2, -0.15) is 0 Å². The number of rotatable bonds is 3. The van der Waals surface area contributed by atoms with Crippen LogP contribution >= 0.6 is 0 Å². The standard InChI is InChI=1S/C15H20F3N/c1-9(2)10-3-5-11(6-4-10)19-13-8-7-12(16)14(17)15(13)18/h7-11,19H,3-6H2,1-2H3. The van der Waals surface area contributed by atoms with Crippen LogP contribution in [0.2, 0.25) is 0 Å². The highest BCUT2D eigenvalue weighted by molar-refractivity contribution is 5.46. The topological polar surface area (TPSA) is 12.0 Å². The zero-order valence-electron chi connectivity index (χ0n) is 11.3. The van der Waals surface area contributed by atoms with Crippen LogP contribution in [0.4, 0.5) is 18.9 Å². The third-order valence-electron chi connectivity index (χ3n) is 4.11. The van der Waals surface area contributed by atoms with E-state index in [1.54, 1.807) is 0 Å². The van der Waals surface area contributed by atoms with Crippen molar-refractivity contribution >= 4 is 5.69 Å². The Kier molecular flexibility index (Phi) is 4.38. The Bertz CT molecular complexity index is 437. The van der Waals surface area contributed by atoms with Gasteiger partial charge in [0, 0.05) is 6.04 Å². The molecule has 0 atom stereocenters. The van der Waals surface area contributed by atoms with E-state index in [1.807, 2.05) is 0 Å². The zero-order valence-corrected chi connectivity index (χ0v) is 11.3. The van der Waals surface area contributed by atoms with Crippen molar-refractivity contribution in [3.8, 4) is 0 Å². The second-order valence-corrected chi connectivity index (χ2v) is 5.72. The Balaban J connectivity index is 1.98. The third-order valence-corrected chi connectivity index (χ3v) is 4.11. The molecule has 0 amide bonds. The molecule has 1 aliphatic rings. The van der Waals surface area contributed by atoms with Crippen molar-refractivity contribution in [1.82, 2.24) is 0 Å². The second kappa shape index (κ2) is 5.85. The van der Waals surface area contributed by atoms with Gasteiger partial charge in [0.15, 0.2) is 17.5 Å². The first-order valence-electron chi connectivity index (χ1n) is 6.89. The second-order valence-electron chi connectivity index (χ2n) is 5.72. The van der Waals surface area contributed by atoms with Gasteiger partial charge in [0.25, 0.3) is 0 Å². The van der Waals surface area contributed by atoms with Gasteiger partial charge in [-0.1, -0.05) is 13.8 Å². The molecule has 0 unspecified atom stereocenters. The van der Waals surface area contributed by atoms with Crippen LogP contribution in [-0.4, -0.2) is 6.04 Å². The van der Waals surface area contributed by atoms with Gasteiger partial charge >= 0.3 is 0 Å². The summed E-state index contributed by atoms with van der Waals surface area (Å²) in [6.45, 7) is 4.43. The molecule has 0 aromatic heterocycles. The van der Waals surface area contributed by atoms with Gasteiger partial charge in [0.1, 0.15) is 0 Å². The molecule has 1 aliphatic carbocycles. The summed E-state index contributed by atoms with van der Waals surface area (Å²) < 4.78 is 39.5. The van der Waals surface area contributed by atoms with Crippen molar-refractivity contribution in [2.24, 2.45) is 11.8 Å². The molecule has 1 fully saturated rings. The minimum Gasteiger partial charge on any atom is -0.380 e.